The molecule has 0 saturated carbocycles. The highest BCUT2D eigenvalue weighted by Gasteiger charge is 2.14. The lowest BCUT2D eigenvalue weighted by molar-refractivity contribution is 0.0931. The molecule has 0 fully saturated rings. The third kappa shape index (κ3) is 6.14. The lowest BCUT2D eigenvalue weighted by Crippen LogP contribution is -2.40. The van der Waals surface area contributed by atoms with Crippen molar-refractivity contribution in [1.82, 2.24) is 15.3 Å². The first kappa shape index (κ1) is 21.9. The van der Waals surface area contributed by atoms with Gasteiger partial charge in [0.2, 0.25) is 0 Å². The highest BCUT2D eigenvalue weighted by molar-refractivity contribution is 7.09. The maximum atomic E-state index is 12.2. The standard InChI is InChI=1S/C15H22N4OS.2ClH/c1-3-4-5-12(7-16)19-15(20)13-6-11(8-17-13)14-9-21-10(2)18-14;;/h6,8-9,12,17H,3-5,7,16H2,1-2H3,(H,19,20);2*1H. The van der Waals surface area contributed by atoms with Gasteiger partial charge in [-0.15, -0.1) is 36.2 Å². The van der Waals surface area contributed by atoms with Crippen molar-refractivity contribution in [2.75, 3.05) is 6.54 Å². The second-order valence-corrected chi connectivity index (χ2v) is 6.16. The molecule has 23 heavy (non-hydrogen) atoms. The van der Waals surface area contributed by atoms with Crippen LogP contribution in [0.4, 0.5) is 0 Å². The first-order valence-corrected chi connectivity index (χ1v) is 8.13. The molecule has 5 nitrogen and oxygen atoms in total. The Hall–Kier alpha value is -1.08. The van der Waals surface area contributed by atoms with Crippen LogP contribution in [0.25, 0.3) is 11.3 Å². The van der Waals surface area contributed by atoms with Crippen LogP contribution in [-0.4, -0.2) is 28.5 Å². The van der Waals surface area contributed by atoms with Crippen LogP contribution in [0.3, 0.4) is 0 Å². The van der Waals surface area contributed by atoms with E-state index in [1.807, 2.05) is 24.6 Å². The van der Waals surface area contributed by atoms with E-state index in [0.717, 1.165) is 35.5 Å². The number of halogens is 2. The van der Waals surface area contributed by atoms with Gasteiger partial charge in [0.1, 0.15) is 5.69 Å². The fourth-order valence-electron chi connectivity index (χ4n) is 2.13. The highest BCUT2D eigenvalue weighted by atomic mass is 35.5. The smallest absolute Gasteiger partial charge is 0.267 e. The van der Waals surface area contributed by atoms with Gasteiger partial charge in [-0.3, -0.25) is 4.79 Å². The summed E-state index contributed by atoms with van der Waals surface area (Å²) in [5, 5.41) is 5.98. The number of hydrogen-bond donors (Lipinski definition) is 3. The van der Waals surface area contributed by atoms with Crippen LogP contribution in [-0.2, 0) is 0 Å². The molecular formula is C15H24Cl2N4OS. The van der Waals surface area contributed by atoms with Crippen molar-refractivity contribution in [3.05, 3.63) is 28.3 Å². The summed E-state index contributed by atoms with van der Waals surface area (Å²) in [5.74, 6) is -0.111. The number of carbonyl (C=O) groups is 1. The SMILES string of the molecule is CCCCC(CN)NC(=O)c1cc(-c2csc(C)n2)c[nH]1.Cl.Cl. The number of thiazole rings is 1. The van der Waals surface area contributed by atoms with E-state index >= 15 is 0 Å². The average Bonchev–Trinajstić information content (AvgIpc) is 3.11. The predicted molar refractivity (Wildman–Crippen MR) is 101 cm³/mol. The largest absolute Gasteiger partial charge is 0.357 e. The summed E-state index contributed by atoms with van der Waals surface area (Å²) in [6.45, 7) is 4.56. The van der Waals surface area contributed by atoms with E-state index in [4.69, 9.17) is 5.73 Å². The second-order valence-electron chi connectivity index (χ2n) is 5.10. The van der Waals surface area contributed by atoms with Crippen molar-refractivity contribution in [3.8, 4) is 11.3 Å². The number of rotatable bonds is 7. The Bertz CT molecular complexity index is 600. The molecule has 8 heteroatoms. The highest BCUT2D eigenvalue weighted by Crippen LogP contribution is 2.22. The fraction of sp³-hybridized carbons (Fsp3) is 0.467. The monoisotopic (exact) mass is 378 g/mol. The van der Waals surface area contributed by atoms with Crippen molar-refractivity contribution in [1.29, 1.82) is 0 Å². The average molecular weight is 379 g/mol. The van der Waals surface area contributed by atoms with E-state index in [0.29, 0.717) is 12.2 Å². The molecule has 130 valence electrons. The van der Waals surface area contributed by atoms with Gasteiger partial charge >= 0.3 is 0 Å². The van der Waals surface area contributed by atoms with Crippen molar-refractivity contribution in [2.45, 2.75) is 39.2 Å². The summed E-state index contributed by atoms with van der Waals surface area (Å²) in [4.78, 5) is 19.6. The summed E-state index contributed by atoms with van der Waals surface area (Å²) in [5.41, 5.74) is 8.08. The molecule has 0 aliphatic heterocycles. The van der Waals surface area contributed by atoms with Gasteiger partial charge in [0.05, 0.1) is 10.7 Å². The summed E-state index contributed by atoms with van der Waals surface area (Å²) in [7, 11) is 0. The van der Waals surface area contributed by atoms with Gasteiger partial charge in [0, 0.05) is 29.7 Å². The maximum absolute atomic E-state index is 12.2. The van der Waals surface area contributed by atoms with Crippen molar-refractivity contribution >= 4 is 42.1 Å². The number of amides is 1. The zero-order valence-corrected chi connectivity index (χ0v) is 15.7. The number of aryl methyl sites for hydroxylation is 1. The fourth-order valence-corrected chi connectivity index (χ4v) is 2.75. The number of carbonyl (C=O) groups excluding carboxylic acids is 1. The van der Waals surface area contributed by atoms with E-state index in [-0.39, 0.29) is 36.8 Å². The van der Waals surface area contributed by atoms with Crippen molar-refractivity contribution in [3.63, 3.8) is 0 Å². The number of nitrogens with two attached hydrogens (primary N) is 1. The van der Waals surface area contributed by atoms with Crippen molar-refractivity contribution < 1.29 is 4.79 Å². The molecule has 1 atom stereocenters. The molecule has 4 N–H and O–H groups in total. The molecular weight excluding hydrogens is 355 g/mol. The number of unbranched alkanes of at least 4 members (excludes halogenated alkanes) is 1. The molecule has 0 aliphatic rings. The van der Waals surface area contributed by atoms with Gasteiger partial charge in [-0.05, 0) is 19.4 Å². The summed E-state index contributed by atoms with van der Waals surface area (Å²) >= 11 is 1.60. The molecule has 1 unspecified atom stereocenters. The van der Waals surface area contributed by atoms with E-state index in [1.54, 1.807) is 11.3 Å². The van der Waals surface area contributed by atoms with Crippen LogP contribution < -0.4 is 11.1 Å². The minimum atomic E-state index is -0.111. The van der Waals surface area contributed by atoms with Gasteiger partial charge in [0.25, 0.3) is 5.91 Å². The molecule has 0 saturated heterocycles. The van der Waals surface area contributed by atoms with Crippen LogP contribution in [0.2, 0.25) is 0 Å². The zero-order chi connectivity index (χ0) is 15.2. The summed E-state index contributed by atoms with van der Waals surface area (Å²) < 4.78 is 0. The van der Waals surface area contributed by atoms with Crippen LogP contribution in [0.1, 0.15) is 41.7 Å². The van der Waals surface area contributed by atoms with Gasteiger partial charge in [0.15, 0.2) is 0 Å². The lowest BCUT2D eigenvalue weighted by atomic mass is 10.1. The number of H-pyrrole nitrogens is 1. The van der Waals surface area contributed by atoms with E-state index in [9.17, 15) is 4.79 Å². The molecule has 0 bridgehead atoms. The molecule has 0 aromatic carbocycles. The molecule has 0 aliphatic carbocycles. The first-order chi connectivity index (χ1) is 10.1. The molecule has 1 amide bonds. The minimum Gasteiger partial charge on any atom is -0.357 e. The predicted octanol–water partition coefficient (Wildman–Crippen LogP) is 3.54. The molecule has 2 rings (SSSR count). The van der Waals surface area contributed by atoms with Crippen LogP contribution in [0.5, 0.6) is 0 Å². The zero-order valence-electron chi connectivity index (χ0n) is 13.3. The Labute approximate surface area is 153 Å². The van der Waals surface area contributed by atoms with Crippen LogP contribution >= 0.6 is 36.2 Å². The first-order valence-electron chi connectivity index (χ1n) is 7.26. The molecule has 2 aromatic rings. The maximum Gasteiger partial charge on any atom is 0.267 e. The molecule has 2 aromatic heterocycles. The second kappa shape index (κ2) is 10.6. The molecule has 0 radical (unpaired) electrons. The van der Waals surface area contributed by atoms with Crippen molar-refractivity contribution in [2.24, 2.45) is 5.73 Å². The Morgan fingerprint density at radius 1 is 1.48 bits per heavy atom. The number of aromatic amines is 1. The Morgan fingerprint density at radius 2 is 2.22 bits per heavy atom. The number of nitrogens with zero attached hydrogens (tertiary/aromatic N) is 1. The normalized spacial score (nSPS) is 11.3. The van der Waals surface area contributed by atoms with Crippen LogP contribution in [0.15, 0.2) is 17.6 Å². The van der Waals surface area contributed by atoms with E-state index in [2.05, 4.69) is 22.2 Å². The third-order valence-electron chi connectivity index (χ3n) is 3.37. The Balaban J connectivity index is 0.00000242. The minimum absolute atomic E-state index is 0. The summed E-state index contributed by atoms with van der Waals surface area (Å²) in [6.07, 6.45) is 4.89. The van der Waals surface area contributed by atoms with E-state index < -0.39 is 0 Å². The number of hydrogen-bond acceptors (Lipinski definition) is 4. The quantitative estimate of drug-likeness (QED) is 0.688. The number of nitrogens with one attached hydrogen (secondary N) is 2. The van der Waals surface area contributed by atoms with Crippen LogP contribution in [0, 0.1) is 6.92 Å². The van der Waals surface area contributed by atoms with Gasteiger partial charge in [-0.1, -0.05) is 19.8 Å². The van der Waals surface area contributed by atoms with Gasteiger partial charge in [-0.2, -0.15) is 0 Å². The summed E-state index contributed by atoms with van der Waals surface area (Å²) in [6, 6.07) is 1.86. The Kier molecular flexibility index (Phi) is 10.1. The molecule has 0 spiro atoms. The van der Waals surface area contributed by atoms with E-state index in [1.165, 1.54) is 0 Å². The Morgan fingerprint density at radius 3 is 2.78 bits per heavy atom. The molecule has 2 heterocycles. The topological polar surface area (TPSA) is 83.8 Å². The third-order valence-corrected chi connectivity index (χ3v) is 4.14. The lowest BCUT2D eigenvalue weighted by Gasteiger charge is -2.15. The number of aromatic nitrogens is 2. The van der Waals surface area contributed by atoms with Gasteiger partial charge < -0.3 is 16.0 Å². The van der Waals surface area contributed by atoms with Gasteiger partial charge in [-0.25, -0.2) is 4.98 Å².